The predicted molar refractivity (Wildman–Crippen MR) is 72.8 cm³/mol. The molecule has 0 bridgehead atoms. The molecule has 17 heavy (non-hydrogen) atoms. The lowest BCUT2D eigenvalue weighted by Gasteiger charge is -2.27. The van der Waals surface area contributed by atoms with Gasteiger partial charge in [0, 0.05) is 22.5 Å². The van der Waals surface area contributed by atoms with Crippen molar-refractivity contribution in [2.45, 2.75) is 19.9 Å². The molecule has 3 nitrogen and oxygen atoms in total. The zero-order valence-corrected chi connectivity index (χ0v) is 11.9. The summed E-state index contributed by atoms with van der Waals surface area (Å²) in [6, 6.07) is 8.28. The standard InChI is InChI=1S/C13H20BrNO2/c1-10(11-4-3-5-12(14)6-11)15-7-13(2,8-16)9-17/h3-6,10,15-17H,7-9H2,1-2H3. The third kappa shape index (κ3) is 4.39. The van der Waals surface area contributed by atoms with E-state index in [2.05, 4.69) is 40.3 Å². The summed E-state index contributed by atoms with van der Waals surface area (Å²) in [5.41, 5.74) is 0.706. The molecule has 0 aliphatic rings. The molecule has 0 amide bonds. The quantitative estimate of drug-likeness (QED) is 0.754. The summed E-state index contributed by atoms with van der Waals surface area (Å²) < 4.78 is 1.05. The maximum atomic E-state index is 9.21. The highest BCUT2D eigenvalue weighted by Crippen LogP contribution is 2.20. The smallest absolute Gasteiger partial charge is 0.0519 e. The second-order valence-corrected chi connectivity index (χ2v) is 5.70. The minimum absolute atomic E-state index is 0.0261. The molecule has 4 heteroatoms. The molecule has 0 heterocycles. The van der Waals surface area contributed by atoms with Gasteiger partial charge in [-0.3, -0.25) is 0 Å². The first kappa shape index (κ1) is 14.6. The Morgan fingerprint density at radius 3 is 2.53 bits per heavy atom. The molecule has 0 saturated heterocycles. The van der Waals surface area contributed by atoms with Crippen molar-refractivity contribution >= 4 is 15.9 Å². The van der Waals surface area contributed by atoms with Crippen LogP contribution in [0.4, 0.5) is 0 Å². The molecule has 0 aliphatic heterocycles. The third-order valence-electron chi connectivity index (χ3n) is 2.95. The van der Waals surface area contributed by atoms with E-state index in [0.29, 0.717) is 6.54 Å². The summed E-state index contributed by atoms with van der Waals surface area (Å²) in [5.74, 6) is 0. The largest absolute Gasteiger partial charge is 0.396 e. The van der Waals surface area contributed by atoms with Gasteiger partial charge in [0.05, 0.1) is 13.2 Å². The Morgan fingerprint density at radius 2 is 2.00 bits per heavy atom. The van der Waals surface area contributed by atoms with Gasteiger partial charge in [0.15, 0.2) is 0 Å². The summed E-state index contributed by atoms with van der Waals surface area (Å²) in [6.07, 6.45) is 0. The fourth-order valence-corrected chi connectivity index (χ4v) is 1.87. The predicted octanol–water partition coefficient (Wildman–Crippen LogP) is 2.09. The van der Waals surface area contributed by atoms with Crippen molar-refractivity contribution in [3.8, 4) is 0 Å². The van der Waals surface area contributed by atoms with Crippen LogP contribution < -0.4 is 5.32 Å². The number of aliphatic hydroxyl groups excluding tert-OH is 2. The highest BCUT2D eigenvalue weighted by Gasteiger charge is 2.22. The number of benzene rings is 1. The molecule has 0 spiro atoms. The van der Waals surface area contributed by atoms with Gasteiger partial charge < -0.3 is 15.5 Å². The molecule has 1 unspecified atom stereocenters. The normalized spacial score (nSPS) is 13.7. The summed E-state index contributed by atoms with van der Waals surface area (Å²) >= 11 is 3.44. The van der Waals surface area contributed by atoms with E-state index in [1.807, 2.05) is 19.1 Å². The Hall–Kier alpha value is -0.420. The average molecular weight is 302 g/mol. The van der Waals surface area contributed by atoms with E-state index in [0.717, 1.165) is 4.47 Å². The number of nitrogens with one attached hydrogen (secondary N) is 1. The Bertz CT molecular complexity index is 353. The van der Waals surface area contributed by atoms with Crippen LogP contribution in [-0.2, 0) is 0 Å². The minimum atomic E-state index is -0.472. The van der Waals surface area contributed by atoms with Crippen molar-refractivity contribution < 1.29 is 10.2 Å². The molecule has 96 valence electrons. The van der Waals surface area contributed by atoms with Crippen molar-refractivity contribution in [1.82, 2.24) is 5.32 Å². The topological polar surface area (TPSA) is 52.5 Å². The fourth-order valence-electron chi connectivity index (χ4n) is 1.46. The van der Waals surface area contributed by atoms with E-state index in [1.165, 1.54) is 5.56 Å². The SMILES string of the molecule is CC(NCC(C)(CO)CO)c1cccc(Br)c1. The van der Waals surface area contributed by atoms with Gasteiger partial charge >= 0.3 is 0 Å². The van der Waals surface area contributed by atoms with Crippen LogP contribution in [0.1, 0.15) is 25.5 Å². The highest BCUT2D eigenvalue weighted by atomic mass is 79.9. The molecular formula is C13H20BrNO2. The number of hydrogen-bond donors (Lipinski definition) is 3. The van der Waals surface area contributed by atoms with Gasteiger partial charge in [0.25, 0.3) is 0 Å². The maximum absolute atomic E-state index is 9.21. The zero-order chi connectivity index (χ0) is 12.9. The van der Waals surface area contributed by atoms with Crippen LogP contribution in [0, 0.1) is 5.41 Å². The van der Waals surface area contributed by atoms with Crippen molar-refractivity contribution in [2.75, 3.05) is 19.8 Å². The lowest BCUT2D eigenvalue weighted by molar-refractivity contribution is 0.0677. The van der Waals surface area contributed by atoms with E-state index in [-0.39, 0.29) is 19.3 Å². The van der Waals surface area contributed by atoms with Gasteiger partial charge in [-0.1, -0.05) is 35.0 Å². The maximum Gasteiger partial charge on any atom is 0.0519 e. The molecule has 1 aromatic rings. The number of hydrogen-bond acceptors (Lipinski definition) is 3. The van der Waals surface area contributed by atoms with Gasteiger partial charge in [-0.15, -0.1) is 0 Å². The van der Waals surface area contributed by atoms with E-state index in [9.17, 15) is 10.2 Å². The molecule has 0 aromatic heterocycles. The lowest BCUT2D eigenvalue weighted by atomic mass is 9.92. The highest BCUT2D eigenvalue weighted by molar-refractivity contribution is 9.10. The molecule has 0 radical (unpaired) electrons. The van der Waals surface area contributed by atoms with E-state index in [1.54, 1.807) is 0 Å². The molecule has 0 aliphatic carbocycles. The van der Waals surface area contributed by atoms with Crippen LogP contribution in [0.3, 0.4) is 0 Å². The Morgan fingerprint density at radius 1 is 1.35 bits per heavy atom. The fraction of sp³-hybridized carbons (Fsp3) is 0.538. The van der Waals surface area contributed by atoms with Gasteiger partial charge in [-0.2, -0.15) is 0 Å². The van der Waals surface area contributed by atoms with Gasteiger partial charge in [-0.25, -0.2) is 0 Å². The molecule has 3 N–H and O–H groups in total. The van der Waals surface area contributed by atoms with E-state index < -0.39 is 5.41 Å². The lowest BCUT2D eigenvalue weighted by Crippen LogP contribution is -2.38. The van der Waals surface area contributed by atoms with E-state index in [4.69, 9.17) is 0 Å². The molecule has 1 rings (SSSR count). The van der Waals surface area contributed by atoms with Crippen molar-refractivity contribution in [2.24, 2.45) is 5.41 Å². The van der Waals surface area contributed by atoms with Crippen molar-refractivity contribution in [1.29, 1.82) is 0 Å². The summed E-state index contributed by atoms with van der Waals surface area (Å²) in [5, 5.41) is 21.7. The van der Waals surface area contributed by atoms with Gasteiger partial charge in [0.1, 0.15) is 0 Å². The Balaban J connectivity index is 2.58. The average Bonchev–Trinajstić information content (AvgIpc) is 2.35. The van der Waals surface area contributed by atoms with Crippen LogP contribution in [0.5, 0.6) is 0 Å². The molecule has 0 saturated carbocycles. The zero-order valence-electron chi connectivity index (χ0n) is 10.3. The van der Waals surface area contributed by atoms with Crippen LogP contribution in [0.15, 0.2) is 28.7 Å². The summed E-state index contributed by atoms with van der Waals surface area (Å²) in [6.45, 7) is 4.45. The van der Waals surface area contributed by atoms with Crippen molar-refractivity contribution in [3.63, 3.8) is 0 Å². The summed E-state index contributed by atoms with van der Waals surface area (Å²) in [7, 11) is 0. The second-order valence-electron chi connectivity index (χ2n) is 4.78. The summed E-state index contributed by atoms with van der Waals surface area (Å²) in [4.78, 5) is 0. The van der Waals surface area contributed by atoms with Crippen LogP contribution in [0.25, 0.3) is 0 Å². The monoisotopic (exact) mass is 301 g/mol. The van der Waals surface area contributed by atoms with Gasteiger partial charge in [0.2, 0.25) is 0 Å². The first-order valence-corrected chi connectivity index (χ1v) is 6.50. The van der Waals surface area contributed by atoms with Crippen LogP contribution in [-0.4, -0.2) is 30.0 Å². The molecule has 1 aromatic carbocycles. The first-order chi connectivity index (χ1) is 8.00. The Kier molecular flexibility index (Phi) is 5.59. The number of halogens is 1. The van der Waals surface area contributed by atoms with Crippen LogP contribution in [0.2, 0.25) is 0 Å². The number of aliphatic hydroxyl groups is 2. The van der Waals surface area contributed by atoms with Gasteiger partial charge in [-0.05, 0) is 24.6 Å². The van der Waals surface area contributed by atoms with Crippen molar-refractivity contribution in [3.05, 3.63) is 34.3 Å². The molecular weight excluding hydrogens is 282 g/mol. The van der Waals surface area contributed by atoms with E-state index >= 15 is 0 Å². The molecule has 1 atom stereocenters. The first-order valence-electron chi connectivity index (χ1n) is 5.71. The molecule has 0 fully saturated rings. The second kappa shape index (κ2) is 6.50. The van der Waals surface area contributed by atoms with Crippen LogP contribution >= 0.6 is 15.9 Å². The number of rotatable bonds is 6. The Labute approximate surface area is 111 Å². The third-order valence-corrected chi connectivity index (χ3v) is 3.44. The minimum Gasteiger partial charge on any atom is -0.396 e.